The molecule has 0 bridgehead atoms. The quantitative estimate of drug-likeness (QED) is 0.418. The van der Waals surface area contributed by atoms with Crippen molar-refractivity contribution in [2.75, 3.05) is 0 Å². The summed E-state index contributed by atoms with van der Waals surface area (Å²) in [6.45, 7) is 2.03. The molecule has 0 nitrogen and oxygen atoms in total. The molecule has 0 aliphatic carbocycles. The monoisotopic (exact) mass is 376 g/mol. The van der Waals surface area contributed by atoms with E-state index in [-0.39, 0.29) is 16.7 Å². The highest BCUT2D eigenvalue weighted by Crippen LogP contribution is 2.33. The Hall–Kier alpha value is -2.69. The molecule has 0 saturated heterocycles. The zero-order valence-electron chi connectivity index (χ0n) is 14.6. The summed E-state index contributed by atoms with van der Waals surface area (Å²) in [4.78, 5) is 0. The molecule has 0 radical (unpaired) electrons. The van der Waals surface area contributed by atoms with E-state index in [4.69, 9.17) is 0 Å². The average molecular weight is 376 g/mol. The second kappa shape index (κ2) is 7.91. The van der Waals surface area contributed by atoms with Gasteiger partial charge in [0.05, 0.1) is 5.56 Å². The number of hydrogen-bond acceptors (Lipinski definition) is 0. The lowest BCUT2D eigenvalue weighted by Crippen LogP contribution is -1.96. The number of aryl methyl sites for hydroxylation is 1. The van der Waals surface area contributed by atoms with Crippen LogP contribution in [0.4, 0.5) is 22.0 Å². The van der Waals surface area contributed by atoms with E-state index in [9.17, 15) is 22.0 Å². The van der Waals surface area contributed by atoms with Gasteiger partial charge in [-0.3, -0.25) is 0 Å². The van der Waals surface area contributed by atoms with E-state index in [2.05, 4.69) is 0 Å². The minimum absolute atomic E-state index is 0.0187. The van der Waals surface area contributed by atoms with Crippen molar-refractivity contribution in [1.82, 2.24) is 0 Å². The number of benzene rings is 3. The molecule has 140 valence electrons. The van der Waals surface area contributed by atoms with E-state index in [0.717, 1.165) is 49.1 Å². The van der Waals surface area contributed by atoms with Crippen molar-refractivity contribution in [3.63, 3.8) is 0 Å². The maximum absolute atomic E-state index is 14.5. The van der Waals surface area contributed by atoms with Crippen LogP contribution in [0.25, 0.3) is 22.3 Å². The summed E-state index contributed by atoms with van der Waals surface area (Å²) in [5.41, 5.74) is 0.0719. The lowest BCUT2D eigenvalue weighted by Gasteiger charge is -2.11. The molecule has 3 aromatic rings. The second-order valence-electron chi connectivity index (χ2n) is 6.39. The van der Waals surface area contributed by atoms with Crippen LogP contribution in [-0.2, 0) is 6.42 Å². The van der Waals surface area contributed by atoms with Crippen LogP contribution in [0.5, 0.6) is 0 Å². The molecule has 0 aliphatic rings. The first kappa shape index (κ1) is 19.1. The first-order chi connectivity index (χ1) is 12.9. The van der Waals surface area contributed by atoms with Gasteiger partial charge >= 0.3 is 0 Å². The molecule has 0 aromatic heterocycles. The second-order valence-corrected chi connectivity index (χ2v) is 6.39. The van der Waals surface area contributed by atoms with Gasteiger partial charge in [0.25, 0.3) is 0 Å². The van der Waals surface area contributed by atoms with Gasteiger partial charge in [0.15, 0.2) is 0 Å². The van der Waals surface area contributed by atoms with Crippen molar-refractivity contribution >= 4 is 0 Å². The third kappa shape index (κ3) is 4.18. The molecule has 5 heteroatoms. The Bertz CT molecular complexity index is 935. The molecule has 0 aliphatic heterocycles. The summed E-state index contributed by atoms with van der Waals surface area (Å²) < 4.78 is 70.2. The summed E-state index contributed by atoms with van der Waals surface area (Å²) in [7, 11) is 0. The SMILES string of the molecule is CCCCc1ccc(-c2cc(F)c(-c3cc(F)cc(F)c3)c(F)c2)c(F)c1. The first-order valence-corrected chi connectivity index (χ1v) is 8.63. The Balaban J connectivity index is 2.02. The molecule has 0 saturated carbocycles. The molecular weight excluding hydrogens is 359 g/mol. The number of halogens is 5. The largest absolute Gasteiger partial charge is 0.207 e. The lowest BCUT2D eigenvalue weighted by atomic mass is 9.97. The van der Waals surface area contributed by atoms with Crippen LogP contribution in [0, 0.1) is 29.1 Å². The van der Waals surface area contributed by atoms with Crippen LogP contribution in [0.2, 0.25) is 0 Å². The fourth-order valence-electron chi connectivity index (χ4n) is 3.03. The van der Waals surface area contributed by atoms with Crippen LogP contribution in [0.3, 0.4) is 0 Å². The van der Waals surface area contributed by atoms with Gasteiger partial charge in [-0.05, 0) is 59.9 Å². The van der Waals surface area contributed by atoms with Crippen molar-refractivity contribution in [2.45, 2.75) is 26.2 Å². The highest BCUT2D eigenvalue weighted by Gasteiger charge is 2.17. The highest BCUT2D eigenvalue weighted by molar-refractivity contribution is 5.72. The van der Waals surface area contributed by atoms with Gasteiger partial charge in [0.2, 0.25) is 0 Å². The van der Waals surface area contributed by atoms with Crippen molar-refractivity contribution in [3.05, 3.63) is 83.2 Å². The molecule has 3 rings (SSSR count). The van der Waals surface area contributed by atoms with Gasteiger partial charge in [-0.15, -0.1) is 0 Å². The van der Waals surface area contributed by atoms with Gasteiger partial charge in [-0.25, -0.2) is 22.0 Å². The van der Waals surface area contributed by atoms with Crippen LogP contribution < -0.4 is 0 Å². The van der Waals surface area contributed by atoms with Gasteiger partial charge in [0.1, 0.15) is 29.1 Å². The van der Waals surface area contributed by atoms with E-state index in [1.54, 1.807) is 6.07 Å². The van der Waals surface area contributed by atoms with Crippen LogP contribution in [0.1, 0.15) is 25.3 Å². The first-order valence-electron chi connectivity index (χ1n) is 8.63. The predicted octanol–water partition coefficient (Wildman–Crippen LogP) is 7.06. The summed E-state index contributed by atoms with van der Waals surface area (Å²) in [6, 6.07) is 8.78. The number of rotatable bonds is 5. The Labute approximate surface area is 154 Å². The molecule has 0 fully saturated rings. The van der Waals surface area contributed by atoms with Crippen molar-refractivity contribution < 1.29 is 22.0 Å². The minimum atomic E-state index is -1.02. The molecule has 27 heavy (non-hydrogen) atoms. The molecule has 0 N–H and O–H groups in total. The summed E-state index contributed by atoms with van der Waals surface area (Å²) in [5.74, 6) is -4.51. The zero-order chi connectivity index (χ0) is 19.6. The van der Waals surface area contributed by atoms with Crippen molar-refractivity contribution in [1.29, 1.82) is 0 Å². The Morgan fingerprint density at radius 1 is 0.667 bits per heavy atom. The highest BCUT2D eigenvalue weighted by atomic mass is 19.1. The third-order valence-corrected chi connectivity index (χ3v) is 4.36. The average Bonchev–Trinajstić information content (AvgIpc) is 2.58. The van der Waals surface area contributed by atoms with Gasteiger partial charge in [-0.2, -0.15) is 0 Å². The third-order valence-electron chi connectivity index (χ3n) is 4.36. The molecule has 0 atom stereocenters. The molecule has 0 amide bonds. The fraction of sp³-hybridized carbons (Fsp3) is 0.182. The molecule has 0 spiro atoms. The standard InChI is InChI=1S/C22H17F5/c1-2-3-4-13-5-6-18(19(25)7-13)14-10-20(26)22(21(27)11-14)15-8-16(23)12-17(24)9-15/h5-12H,2-4H2,1H3. The number of unbranched alkanes of at least 4 members (excludes halogenated alkanes) is 1. The normalized spacial score (nSPS) is 11.0. The van der Waals surface area contributed by atoms with Gasteiger partial charge in [-0.1, -0.05) is 25.5 Å². The minimum Gasteiger partial charge on any atom is -0.207 e. The Morgan fingerprint density at radius 3 is 1.85 bits per heavy atom. The van der Waals surface area contributed by atoms with E-state index < -0.39 is 34.6 Å². The summed E-state index contributed by atoms with van der Waals surface area (Å²) in [6.07, 6.45) is 2.61. The maximum Gasteiger partial charge on any atom is 0.134 e. The maximum atomic E-state index is 14.5. The molecule has 3 aromatic carbocycles. The van der Waals surface area contributed by atoms with E-state index in [0.29, 0.717) is 6.07 Å². The summed E-state index contributed by atoms with van der Waals surface area (Å²) >= 11 is 0. The predicted molar refractivity (Wildman–Crippen MR) is 95.7 cm³/mol. The van der Waals surface area contributed by atoms with E-state index >= 15 is 0 Å². The van der Waals surface area contributed by atoms with Gasteiger partial charge < -0.3 is 0 Å². The van der Waals surface area contributed by atoms with Crippen molar-refractivity contribution in [3.8, 4) is 22.3 Å². The fourth-order valence-corrected chi connectivity index (χ4v) is 3.03. The van der Waals surface area contributed by atoms with E-state index in [1.807, 2.05) is 6.92 Å². The Morgan fingerprint density at radius 2 is 1.30 bits per heavy atom. The van der Waals surface area contributed by atoms with Crippen LogP contribution in [-0.4, -0.2) is 0 Å². The lowest BCUT2D eigenvalue weighted by molar-refractivity contribution is 0.578. The van der Waals surface area contributed by atoms with Crippen LogP contribution >= 0.6 is 0 Å². The van der Waals surface area contributed by atoms with Crippen molar-refractivity contribution in [2.24, 2.45) is 0 Å². The zero-order valence-corrected chi connectivity index (χ0v) is 14.6. The van der Waals surface area contributed by atoms with E-state index in [1.165, 1.54) is 12.1 Å². The smallest absolute Gasteiger partial charge is 0.134 e. The number of hydrogen-bond donors (Lipinski definition) is 0. The van der Waals surface area contributed by atoms with Crippen LogP contribution in [0.15, 0.2) is 48.5 Å². The summed E-state index contributed by atoms with van der Waals surface area (Å²) in [5, 5.41) is 0. The molecule has 0 heterocycles. The topological polar surface area (TPSA) is 0 Å². The molecular formula is C22H17F5. The van der Waals surface area contributed by atoms with Gasteiger partial charge in [0, 0.05) is 11.6 Å². The molecule has 0 unspecified atom stereocenters. The Kier molecular flexibility index (Phi) is 5.59.